The van der Waals surface area contributed by atoms with Gasteiger partial charge in [0.15, 0.2) is 0 Å². The first-order valence-electron chi connectivity index (χ1n) is 9.57. The number of nitrogens with one attached hydrogen (secondary N) is 1. The molecule has 0 aromatic carbocycles. The first-order valence-corrected chi connectivity index (χ1v) is 10.4. The number of piperazine rings is 1. The van der Waals surface area contributed by atoms with Crippen LogP contribution in [0.1, 0.15) is 39.1 Å². The molecule has 1 amide bonds. The van der Waals surface area contributed by atoms with Gasteiger partial charge in [-0.05, 0) is 38.1 Å². The molecule has 2 saturated heterocycles. The highest BCUT2D eigenvalue weighted by atomic mass is 32.1. The Kier molecular flexibility index (Phi) is 5.71. The van der Waals surface area contributed by atoms with E-state index < -0.39 is 0 Å². The summed E-state index contributed by atoms with van der Waals surface area (Å²) in [5.74, 6) is 0.953. The quantitative estimate of drug-likeness (QED) is 0.856. The lowest BCUT2D eigenvalue weighted by atomic mass is 10.2. The normalized spacial score (nSPS) is 20.8. The standard InChI is InChI=1S/C20H26N4O2S/c1-23-9-11-24(12-10-23)19-15(4-2-8-21-19)14-22-20(25)18-7-6-17(27-18)16-5-3-13-26-16/h2,4,6-8,16H,3,5,9-14H2,1H3,(H,22,25). The maximum absolute atomic E-state index is 12.6. The van der Waals surface area contributed by atoms with Crippen molar-refractivity contribution in [2.45, 2.75) is 25.5 Å². The van der Waals surface area contributed by atoms with Crippen LogP contribution in [0.4, 0.5) is 5.82 Å². The molecule has 0 aliphatic carbocycles. The van der Waals surface area contributed by atoms with E-state index in [1.807, 2.05) is 30.5 Å². The van der Waals surface area contributed by atoms with Gasteiger partial charge in [0.2, 0.25) is 0 Å². The first kappa shape index (κ1) is 18.4. The third-order valence-corrected chi connectivity index (χ3v) is 6.38. The van der Waals surface area contributed by atoms with Gasteiger partial charge in [-0.25, -0.2) is 4.98 Å². The van der Waals surface area contributed by atoms with Crippen molar-refractivity contribution in [3.8, 4) is 0 Å². The molecule has 1 N–H and O–H groups in total. The third kappa shape index (κ3) is 4.31. The van der Waals surface area contributed by atoms with Gasteiger partial charge in [-0.1, -0.05) is 6.07 Å². The fourth-order valence-corrected chi connectivity index (χ4v) is 4.59. The lowest BCUT2D eigenvalue weighted by Gasteiger charge is -2.34. The Bertz CT molecular complexity index is 780. The monoisotopic (exact) mass is 386 g/mol. The molecule has 144 valence electrons. The van der Waals surface area contributed by atoms with E-state index in [1.165, 1.54) is 11.3 Å². The van der Waals surface area contributed by atoms with E-state index in [1.54, 1.807) is 0 Å². The molecule has 2 aliphatic heterocycles. The Hall–Kier alpha value is -1.96. The summed E-state index contributed by atoms with van der Waals surface area (Å²) in [6, 6.07) is 7.91. The van der Waals surface area contributed by atoms with E-state index in [0.29, 0.717) is 6.54 Å². The summed E-state index contributed by atoms with van der Waals surface area (Å²) in [6.45, 7) is 5.29. The number of hydrogen-bond donors (Lipinski definition) is 1. The van der Waals surface area contributed by atoms with Crippen LogP contribution < -0.4 is 10.2 Å². The molecule has 1 atom stereocenters. The number of anilines is 1. The predicted octanol–water partition coefficient (Wildman–Crippen LogP) is 2.68. The maximum Gasteiger partial charge on any atom is 0.261 e. The van der Waals surface area contributed by atoms with Crippen LogP contribution in [0, 0.1) is 0 Å². The van der Waals surface area contributed by atoms with Gasteiger partial charge in [-0.15, -0.1) is 11.3 Å². The van der Waals surface area contributed by atoms with Gasteiger partial charge in [-0.2, -0.15) is 0 Å². The summed E-state index contributed by atoms with van der Waals surface area (Å²) in [5, 5.41) is 3.06. The van der Waals surface area contributed by atoms with E-state index >= 15 is 0 Å². The topological polar surface area (TPSA) is 57.7 Å². The zero-order valence-electron chi connectivity index (χ0n) is 15.7. The highest BCUT2D eigenvalue weighted by molar-refractivity contribution is 7.14. The molecule has 0 saturated carbocycles. The maximum atomic E-state index is 12.6. The minimum atomic E-state index is -0.0302. The van der Waals surface area contributed by atoms with Crippen LogP contribution in [0.2, 0.25) is 0 Å². The molecule has 0 spiro atoms. The highest BCUT2D eigenvalue weighted by Gasteiger charge is 2.21. The molecular formula is C20H26N4O2S. The van der Waals surface area contributed by atoms with Crippen LogP contribution in [0.15, 0.2) is 30.5 Å². The van der Waals surface area contributed by atoms with Gasteiger partial charge in [0.25, 0.3) is 5.91 Å². The van der Waals surface area contributed by atoms with Crippen LogP contribution in [-0.4, -0.2) is 55.6 Å². The minimum absolute atomic E-state index is 0.0302. The molecular weight excluding hydrogens is 360 g/mol. The van der Waals surface area contributed by atoms with Crippen LogP contribution in [-0.2, 0) is 11.3 Å². The second-order valence-electron chi connectivity index (χ2n) is 7.16. The van der Waals surface area contributed by atoms with Gasteiger partial charge in [0.1, 0.15) is 5.82 Å². The highest BCUT2D eigenvalue weighted by Crippen LogP contribution is 2.33. The van der Waals surface area contributed by atoms with Gasteiger partial charge in [0.05, 0.1) is 11.0 Å². The summed E-state index contributed by atoms with van der Waals surface area (Å²) in [7, 11) is 2.14. The van der Waals surface area contributed by atoms with Gasteiger partial charge in [0, 0.05) is 56.0 Å². The molecule has 2 aliphatic rings. The van der Waals surface area contributed by atoms with E-state index in [9.17, 15) is 4.79 Å². The fourth-order valence-electron chi connectivity index (χ4n) is 3.58. The molecule has 7 heteroatoms. The largest absolute Gasteiger partial charge is 0.373 e. The first-order chi connectivity index (χ1) is 13.2. The van der Waals surface area contributed by atoms with Crippen molar-refractivity contribution >= 4 is 23.1 Å². The number of nitrogens with zero attached hydrogens (tertiary/aromatic N) is 3. The van der Waals surface area contributed by atoms with Crippen molar-refractivity contribution in [2.75, 3.05) is 44.7 Å². The minimum Gasteiger partial charge on any atom is -0.373 e. The Morgan fingerprint density at radius 1 is 1.30 bits per heavy atom. The summed E-state index contributed by atoms with van der Waals surface area (Å²) < 4.78 is 5.71. The zero-order valence-corrected chi connectivity index (χ0v) is 16.5. The second kappa shape index (κ2) is 8.37. The van der Waals surface area contributed by atoms with Crippen molar-refractivity contribution in [3.63, 3.8) is 0 Å². The number of aromatic nitrogens is 1. The summed E-state index contributed by atoms with van der Waals surface area (Å²) in [6.07, 6.45) is 4.14. The predicted molar refractivity (Wildman–Crippen MR) is 107 cm³/mol. The number of pyridine rings is 1. The molecule has 2 aromatic rings. The Labute approximate surface area is 164 Å². The van der Waals surface area contributed by atoms with Gasteiger partial charge >= 0.3 is 0 Å². The van der Waals surface area contributed by atoms with Crippen molar-refractivity contribution < 1.29 is 9.53 Å². The summed E-state index contributed by atoms with van der Waals surface area (Å²) in [4.78, 5) is 23.7. The second-order valence-corrected chi connectivity index (χ2v) is 8.28. The smallest absolute Gasteiger partial charge is 0.261 e. The number of ether oxygens (including phenoxy) is 1. The Morgan fingerprint density at radius 2 is 2.15 bits per heavy atom. The van der Waals surface area contributed by atoms with Crippen LogP contribution in [0.3, 0.4) is 0 Å². The number of likely N-dealkylation sites (N-methyl/N-ethyl adjacent to an activating group) is 1. The lowest BCUT2D eigenvalue weighted by Crippen LogP contribution is -2.45. The summed E-state index contributed by atoms with van der Waals surface area (Å²) >= 11 is 1.54. The fraction of sp³-hybridized carbons (Fsp3) is 0.500. The van der Waals surface area contributed by atoms with E-state index in [-0.39, 0.29) is 12.0 Å². The van der Waals surface area contributed by atoms with Crippen molar-refractivity contribution in [1.29, 1.82) is 0 Å². The van der Waals surface area contributed by atoms with Crippen molar-refractivity contribution in [2.24, 2.45) is 0 Å². The number of hydrogen-bond acceptors (Lipinski definition) is 6. The van der Waals surface area contributed by atoms with Crippen LogP contribution >= 0.6 is 11.3 Å². The molecule has 4 rings (SSSR count). The molecule has 6 nitrogen and oxygen atoms in total. The van der Waals surface area contributed by atoms with Crippen molar-refractivity contribution in [1.82, 2.24) is 15.2 Å². The van der Waals surface area contributed by atoms with Crippen LogP contribution in [0.5, 0.6) is 0 Å². The Morgan fingerprint density at radius 3 is 2.93 bits per heavy atom. The summed E-state index contributed by atoms with van der Waals surface area (Å²) in [5.41, 5.74) is 1.06. The average molecular weight is 387 g/mol. The van der Waals surface area contributed by atoms with Crippen molar-refractivity contribution in [3.05, 3.63) is 45.8 Å². The molecule has 2 aromatic heterocycles. The van der Waals surface area contributed by atoms with E-state index in [4.69, 9.17) is 4.74 Å². The molecule has 4 heterocycles. The number of amides is 1. The van der Waals surface area contributed by atoms with Crippen LogP contribution in [0.25, 0.3) is 0 Å². The van der Waals surface area contributed by atoms with E-state index in [2.05, 4.69) is 27.1 Å². The lowest BCUT2D eigenvalue weighted by molar-refractivity contribution is 0.0955. The molecule has 0 bridgehead atoms. The SMILES string of the molecule is CN1CCN(c2ncccc2CNC(=O)c2ccc(C3CCCO3)s2)CC1. The van der Waals surface area contributed by atoms with Gasteiger partial charge < -0.3 is 19.9 Å². The molecule has 27 heavy (non-hydrogen) atoms. The molecule has 1 unspecified atom stereocenters. The molecule has 0 radical (unpaired) electrons. The Balaban J connectivity index is 1.39. The van der Waals surface area contributed by atoms with E-state index in [0.717, 1.165) is 66.8 Å². The molecule has 2 fully saturated rings. The number of carbonyl (C=O) groups is 1. The van der Waals surface area contributed by atoms with Gasteiger partial charge in [-0.3, -0.25) is 4.79 Å². The number of carbonyl (C=O) groups excluding carboxylic acids is 1. The average Bonchev–Trinajstić information content (AvgIpc) is 3.38. The third-order valence-electron chi connectivity index (χ3n) is 5.21. The number of thiophene rings is 1. The zero-order chi connectivity index (χ0) is 18.6. The number of rotatable bonds is 5.